The van der Waals surface area contributed by atoms with Crippen LogP contribution in [-0.4, -0.2) is 85.6 Å². The van der Waals surface area contributed by atoms with Crippen molar-refractivity contribution in [1.29, 1.82) is 0 Å². The smallest absolute Gasteiger partial charge is 0.335 e. The second-order valence-electron chi connectivity index (χ2n) is 12.8. The third-order valence-corrected chi connectivity index (χ3v) is 9.63. The van der Waals surface area contributed by atoms with Crippen molar-refractivity contribution in [3.05, 3.63) is 59.4 Å². The largest absolute Gasteiger partial charge is 0.478 e. The quantitative estimate of drug-likeness (QED) is 0.371. The molecule has 3 aliphatic heterocycles. The van der Waals surface area contributed by atoms with E-state index in [0.29, 0.717) is 11.5 Å². The van der Waals surface area contributed by atoms with Crippen LogP contribution in [0.3, 0.4) is 0 Å². The average Bonchev–Trinajstić information content (AvgIpc) is 3.01. The lowest BCUT2D eigenvalue weighted by Crippen LogP contribution is -2.52. The summed E-state index contributed by atoms with van der Waals surface area (Å²) in [5, 5.41) is 13.9. The Kier molecular flexibility index (Phi) is 9.53. The molecule has 0 saturated carbocycles. The summed E-state index contributed by atoms with van der Waals surface area (Å²) in [4.78, 5) is 54.0. The number of hydrogen-bond acceptors (Lipinski definition) is 7. The summed E-state index contributed by atoms with van der Waals surface area (Å²) in [6.07, 6.45) is 3.64. The van der Waals surface area contributed by atoms with Gasteiger partial charge in [0.1, 0.15) is 11.9 Å². The Morgan fingerprint density at radius 3 is 2.18 bits per heavy atom. The Balaban J connectivity index is 1.06. The lowest BCUT2D eigenvalue weighted by Gasteiger charge is -2.43. The molecule has 0 aliphatic carbocycles. The molecule has 2 aromatic rings. The predicted octanol–water partition coefficient (Wildman–Crippen LogP) is 3.51. The Hall–Kier alpha value is -3.99. The number of anilines is 2. The summed E-state index contributed by atoms with van der Waals surface area (Å²) in [5.41, 5.74) is 2.19. The molecule has 11 heteroatoms. The van der Waals surface area contributed by atoms with Gasteiger partial charge in [-0.25, -0.2) is 9.18 Å². The van der Waals surface area contributed by atoms with Gasteiger partial charge in [0.2, 0.25) is 11.8 Å². The number of benzene rings is 2. The van der Waals surface area contributed by atoms with Crippen molar-refractivity contribution in [3.63, 3.8) is 0 Å². The first-order chi connectivity index (χ1) is 21.0. The van der Waals surface area contributed by atoms with Crippen LogP contribution in [0.4, 0.5) is 15.8 Å². The molecular weight excluding hydrogens is 565 g/mol. The van der Waals surface area contributed by atoms with Crippen molar-refractivity contribution in [2.75, 3.05) is 55.6 Å². The van der Waals surface area contributed by atoms with E-state index < -0.39 is 29.6 Å². The molecule has 1 atom stereocenters. The summed E-state index contributed by atoms with van der Waals surface area (Å²) in [6.45, 7) is 10.9. The van der Waals surface area contributed by atoms with Crippen molar-refractivity contribution in [2.45, 2.75) is 52.0 Å². The third-order valence-electron chi connectivity index (χ3n) is 9.63. The lowest BCUT2D eigenvalue weighted by molar-refractivity contribution is -0.134. The summed E-state index contributed by atoms with van der Waals surface area (Å²) < 4.78 is 15.0. The standard InChI is InChI=1S/C33H42FN5O5/c1-33(2,23-11-14-38(15-12-23)24-5-3-22(4-6-24)32(43)44)13-16-37-17-19-39(20-18-37)25-7-8-26(27(34)21-25)30(41)35-28-9-10-29(40)36-31(28)42/h3-8,21,23,28H,9-20H2,1-2H3,(H,35,41)(H,43,44)(H,36,40,42). The number of carboxylic acid groups (broad SMARTS) is 1. The van der Waals surface area contributed by atoms with Gasteiger partial charge in [0.15, 0.2) is 0 Å². The van der Waals surface area contributed by atoms with E-state index in [2.05, 4.69) is 39.2 Å². The molecule has 3 amide bonds. The van der Waals surface area contributed by atoms with Crippen molar-refractivity contribution >= 4 is 35.1 Å². The van der Waals surface area contributed by atoms with Crippen LogP contribution in [0.2, 0.25) is 0 Å². The minimum absolute atomic E-state index is 0.124. The molecule has 0 spiro atoms. The first-order valence-electron chi connectivity index (χ1n) is 15.5. The van der Waals surface area contributed by atoms with E-state index in [1.54, 1.807) is 18.2 Å². The molecule has 44 heavy (non-hydrogen) atoms. The van der Waals surface area contributed by atoms with Gasteiger partial charge in [-0.3, -0.25) is 24.6 Å². The van der Waals surface area contributed by atoms with Gasteiger partial charge in [-0.05, 0) is 86.0 Å². The van der Waals surface area contributed by atoms with Crippen molar-refractivity contribution in [2.24, 2.45) is 11.3 Å². The van der Waals surface area contributed by atoms with Gasteiger partial charge < -0.3 is 20.2 Å². The number of aromatic carboxylic acids is 1. The van der Waals surface area contributed by atoms with Gasteiger partial charge in [-0.2, -0.15) is 0 Å². The number of nitrogens with one attached hydrogen (secondary N) is 2. The van der Waals surface area contributed by atoms with Crippen LogP contribution in [0.15, 0.2) is 42.5 Å². The van der Waals surface area contributed by atoms with E-state index in [0.717, 1.165) is 76.5 Å². The third kappa shape index (κ3) is 7.38. The average molecular weight is 608 g/mol. The van der Waals surface area contributed by atoms with E-state index in [4.69, 9.17) is 5.11 Å². The van der Waals surface area contributed by atoms with Gasteiger partial charge >= 0.3 is 5.97 Å². The van der Waals surface area contributed by atoms with Gasteiger partial charge in [-0.1, -0.05) is 13.8 Å². The number of rotatable bonds is 9. The van der Waals surface area contributed by atoms with Crippen LogP contribution in [-0.2, 0) is 9.59 Å². The lowest BCUT2D eigenvalue weighted by atomic mass is 9.71. The van der Waals surface area contributed by atoms with E-state index in [1.807, 2.05) is 12.1 Å². The number of amides is 3. The minimum atomic E-state index is -0.905. The van der Waals surface area contributed by atoms with Gasteiger partial charge in [0, 0.05) is 57.1 Å². The Morgan fingerprint density at radius 2 is 1.57 bits per heavy atom. The topological polar surface area (TPSA) is 122 Å². The molecule has 3 N–H and O–H groups in total. The van der Waals surface area contributed by atoms with Crippen LogP contribution in [0.1, 0.15) is 66.7 Å². The monoisotopic (exact) mass is 607 g/mol. The van der Waals surface area contributed by atoms with E-state index in [1.165, 1.54) is 12.1 Å². The molecule has 3 saturated heterocycles. The SMILES string of the molecule is CC(C)(CCN1CCN(c2ccc(C(=O)NC3CCC(=O)NC3=O)c(F)c2)CC1)C1CCN(c2ccc(C(=O)O)cc2)CC1. The second-order valence-corrected chi connectivity index (χ2v) is 12.8. The number of hydrogen-bond donors (Lipinski definition) is 3. The van der Waals surface area contributed by atoms with Crippen LogP contribution in [0, 0.1) is 17.2 Å². The van der Waals surface area contributed by atoms with Gasteiger partial charge in [0.25, 0.3) is 5.91 Å². The second kappa shape index (κ2) is 13.3. The predicted molar refractivity (Wildman–Crippen MR) is 165 cm³/mol. The van der Waals surface area contributed by atoms with Crippen LogP contribution in [0.5, 0.6) is 0 Å². The number of imide groups is 1. The molecular formula is C33H42FN5O5. The molecule has 236 valence electrons. The summed E-state index contributed by atoms with van der Waals surface area (Å²) >= 11 is 0. The maximum atomic E-state index is 15.0. The van der Waals surface area contributed by atoms with E-state index in [9.17, 15) is 23.6 Å². The number of carboxylic acids is 1. The highest BCUT2D eigenvalue weighted by atomic mass is 19.1. The van der Waals surface area contributed by atoms with E-state index in [-0.39, 0.29) is 29.7 Å². The highest BCUT2D eigenvalue weighted by Crippen LogP contribution is 2.39. The Morgan fingerprint density at radius 1 is 0.932 bits per heavy atom. The fourth-order valence-electron chi connectivity index (χ4n) is 6.57. The molecule has 0 aromatic heterocycles. The molecule has 1 unspecified atom stereocenters. The fraction of sp³-hybridized carbons (Fsp3) is 0.515. The molecule has 3 fully saturated rings. The first kappa shape index (κ1) is 31.4. The summed E-state index contributed by atoms with van der Waals surface area (Å²) in [7, 11) is 0. The zero-order chi connectivity index (χ0) is 31.4. The molecule has 5 rings (SSSR count). The molecule has 0 radical (unpaired) electrons. The van der Waals surface area contributed by atoms with Crippen LogP contribution < -0.4 is 20.4 Å². The van der Waals surface area contributed by atoms with Crippen LogP contribution in [0.25, 0.3) is 0 Å². The van der Waals surface area contributed by atoms with Crippen LogP contribution >= 0.6 is 0 Å². The van der Waals surface area contributed by atoms with Crippen molar-refractivity contribution in [1.82, 2.24) is 15.5 Å². The zero-order valence-electron chi connectivity index (χ0n) is 25.5. The van der Waals surface area contributed by atoms with Gasteiger partial charge in [0.05, 0.1) is 11.1 Å². The number of carbonyl (C=O) groups is 4. The number of carbonyl (C=O) groups excluding carboxylic acids is 3. The van der Waals surface area contributed by atoms with Gasteiger partial charge in [-0.15, -0.1) is 0 Å². The molecule has 2 aromatic carbocycles. The Bertz CT molecular complexity index is 1380. The number of nitrogens with zero attached hydrogens (tertiary/aromatic N) is 3. The number of halogens is 1. The first-order valence-corrected chi connectivity index (χ1v) is 15.5. The van der Waals surface area contributed by atoms with Crippen molar-refractivity contribution < 1.29 is 28.7 Å². The maximum Gasteiger partial charge on any atom is 0.335 e. The molecule has 0 bridgehead atoms. The summed E-state index contributed by atoms with van der Waals surface area (Å²) in [5.74, 6) is -2.54. The fourth-order valence-corrected chi connectivity index (χ4v) is 6.57. The minimum Gasteiger partial charge on any atom is -0.478 e. The normalized spacial score (nSPS) is 20.4. The van der Waals surface area contributed by atoms with E-state index >= 15 is 0 Å². The zero-order valence-corrected chi connectivity index (χ0v) is 25.5. The molecule has 3 aliphatic rings. The van der Waals surface area contributed by atoms with Crippen molar-refractivity contribution in [3.8, 4) is 0 Å². The number of piperazine rings is 1. The molecule has 3 heterocycles. The molecule has 10 nitrogen and oxygen atoms in total. The highest BCUT2D eigenvalue weighted by Gasteiger charge is 2.33. The number of piperidine rings is 2. The maximum absolute atomic E-state index is 15.0. The highest BCUT2D eigenvalue weighted by molar-refractivity contribution is 6.04. The summed E-state index contributed by atoms with van der Waals surface area (Å²) in [6, 6.07) is 10.9. The Labute approximate surface area is 257 Å².